The van der Waals surface area contributed by atoms with Crippen molar-refractivity contribution in [2.24, 2.45) is 0 Å². The number of benzene rings is 3. The standard InChI is InChI=1S/C28H33F/c1-5-20(6-2)22-9-11-24(12-10-22)26-17-18-27(28(29)19-26)25-15-13-23(14-16-25)21(7-3)8-4/h9-21H,5-8H2,1-4H3. The molecule has 0 spiro atoms. The molecule has 3 rings (SSSR count). The highest BCUT2D eigenvalue weighted by Gasteiger charge is 2.11. The van der Waals surface area contributed by atoms with Gasteiger partial charge in [-0.25, -0.2) is 4.39 Å². The third-order valence-corrected chi connectivity index (χ3v) is 6.35. The van der Waals surface area contributed by atoms with Gasteiger partial charge in [0.25, 0.3) is 0 Å². The molecule has 0 saturated carbocycles. The Bertz CT molecular complexity index is 898. The molecule has 0 N–H and O–H groups in total. The molecule has 3 aromatic rings. The molecule has 152 valence electrons. The van der Waals surface area contributed by atoms with Crippen LogP contribution in [-0.4, -0.2) is 0 Å². The van der Waals surface area contributed by atoms with E-state index < -0.39 is 0 Å². The molecule has 0 unspecified atom stereocenters. The van der Waals surface area contributed by atoms with Gasteiger partial charge in [0, 0.05) is 5.56 Å². The van der Waals surface area contributed by atoms with E-state index in [0.717, 1.165) is 42.4 Å². The van der Waals surface area contributed by atoms with Gasteiger partial charge in [-0.05, 0) is 71.4 Å². The smallest absolute Gasteiger partial charge is 0.131 e. The van der Waals surface area contributed by atoms with Crippen molar-refractivity contribution in [1.29, 1.82) is 0 Å². The van der Waals surface area contributed by atoms with Gasteiger partial charge in [-0.1, -0.05) is 88.4 Å². The first kappa shape index (κ1) is 21.3. The third kappa shape index (κ3) is 4.78. The Morgan fingerprint density at radius 2 is 0.966 bits per heavy atom. The number of halogens is 1. The molecule has 29 heavy (non-hydrogen) atoms. The van der Waals surface area contributed by atoms with Crippen LogP contribution in [0.3, 0.4) is 0 Å². The maximum atomic E-state index is 14.9. The van der Waals surface area contributed by atoms with Gasteiger partial charge in [-0.15, -0.1) is 0 Å². The summed E-state index contributed by atoms with van der Waals surface area (Å²) in [5, 5.41) is 0. The van der Waals surface area contributed by atoms with E-state index in [4.69, 9.17) is 0 Å². The van der Waals surface area contributed by atoms with Crippen LogP contribution in [-0.2, 0) is 0 Å². The largest absolute Gasteiger partial charge is 0.206 e. The molecule has 0 atom stereocenters. The maximum Gasteiger partial charge on any atom is 0.131 e. The molecule has 3 aromatic carbocycles. The molecule has 0 heterocycles. The molecule has 0 aromatic heterocycles. The molecule has 0 nitrogen and oxygen atoms in total. The van der Waals surface area contributed by atoms with Gasteiger partial charge in [-0.2, -0.15) is 0 Å². The number of hydrogen-bond donors (Lipinski definition) is 0. The van der Waals surface area contributed by atoms with Crippen LogP contribution in [0, 0.1) is 5.82 Å². The Labute approximate surface area is 175 Å². The van der Waals surface area contributed by atoms with E-state index in [1.54, 1.807) is 6.07 Å². The Morgan fingerprint density at radius 3 is 1.38 bits per heavy atom. The first-order valence-electron chi connectivity index (χ1n) is 11.1. The second-order valence-electron chi connectivity index (χ2n) is 7.97. The summed E-state index contributed by atoms with van der Waals surface area (Å²) in [7, 11) is 0. The minimum Gasteiger partial charge on any atom is -0.206 e. The van der Waals surface area contributed by atoms with E-state index in [1.807, 2.05) is 12.1 Å². The normalized spacial score (nSPS) is 11.4. The van der Waals surface area contributed by atoms with Crippen molar-refractivity contribution in [3.8, 4) is 22.3 Å². The molecular weight excluding hydrogens is 355 g/mol. The van der Waals surface area contributed by atoms with Crippen molar-refractivity contribution in [1.82, 2.24) is 0 Å². The molecule has 0 aliphatic heterocycles. The molecule has 0 radical (unpaired) electrons. The van der Waals surface area contributed by atoms with Crippen molar-refractivity contribution < 1.29 is 4.39 Å². The molecule has 1 heteroatoms. The Morgan fingerprint density at radius 1 is 0.552 bits per heavy atom. The van der Waals surface area contributed by atoms with E-state index >= 15 is 0 Å². The van der Waals surface area contributed by atoms with E-state index in [-0.39, 0.29) is 5.82 Å². The summed E-state index contributed by atoms with van der Waals surface area (Å²) < 4.78 is 14.9. The summed E-state index contributed by atoms with van der Waals surface area (Å²) in [4.78, 5) is 0. The molecule has 0 amide bonds. The second kappa shape index (κ2) is 9.87. The lowest BCUT2D eigenvalue weighted by atomic mass is 9.91. The molecular formula is C28H33F. The maximum absolute atomic E-state index is 14.9. The van der Waals surface area contributed by atoms with Gasteiger partial charge in [0.1, 0.15) is 5.82 Å². The van der Waals surface area contributed by atoms with Crippen LogP contribution in [0.25, 0.3) is 22.3 Å². The van der Waals surface area contributed by atoms with Crippen molar-refractivity contribution in [3.05, 3.63) is 83.7 Å². The molecule has 0 bridgehead atoms. The van der Waals surface area contributed by atoms with Gasteiger partial charge in [0.15, 0.2) is 0 Å². The van der Waals surface area contributed by atoms with Crippen LogP contribution in [0.4, 0.5) is 4.39 Å². The Kier molecular flexibility index (Phi) is 7.25. The van der Waals surface area contributed by atoms with E-state index in [2.05, 4.69) is 76.2 Å². The summed E-state index contributed by atoms with van der Waals surface area (Å²) >= 11 is 0. The predicted molar refractivity (Wildman–Crippen MR) is 124 cm³/mol. The van der Waals surface area contributed by atoms with Crippen LogP contribution in [0.2, 0.25) is 0 Å². The van der Waals surface area contributed by atoms with Gasteiger partial charge in [0.2, 0.25) is 0 Å². The molecule has 0 aliphatic rings. The molecule has 0 aliphatic carbocycles. The van der Waals surface area contributed by atoms with E-state index in [9.17, 15) is 4.39 Å². The minimum atomic E-state index is -0.165. The second-order valence-corrected chi connectivity index (χ2v) is 7.97. The monoisotopic (exact) mass is 388 g/mol. The topological polar surface area (TPSA) is 0 Å². The highest BCUT2D eigenvalue weighted by atomic mass is 19.1. The summed E-state index contributed by atoms with van der Waals surface area (Å²) in [6.07, 6.45) is 4.56. The third-order valence-electron chi connectivity index (χ3n) is 6.35. The fraction of sp³-hybridized carbons (Fsp3) is 0.357. The highest BCUT2D eigenvalue weighted by Crippen LogP contribution is 2.31. The lowest BCUT2D eigenvalue weighted by Crippen LogP contribution is -1.95. The van der Waals surface area contributed by atoms with Crippen LogP contribution >= 0.6 is 0 Å². The average molecular weight is 389 g/mol. The number of hydrogen-bond acceptors (Lipinski definition) is 0. The fourth-order valence-electron chi connectivity index (χ4n) is 4.33. The Balaban J connectivity index is 1.83. The Hall–Kier alpha value is -2.41. The van der Waals surface area contributed by atoms with Crippen LogP contribution in [0.5, 0.6) is 0 Å². The van der Waals surface area contributed by atoms with E-state index in [0.29, 0.717) is 17.4 Å². The first-order valence-corrected chi connectivity index (χ1v) is 11.1. The van der Waals surface area contributed by atoms with Crippen molar-refractivity contribution in [3.63, 3.8) is 0 Å². The van der Waals surface area contributed by atoms with Gasteiger partial charge in [0.05, 0.1) is 0 Å². The first-order chi connectivity index (χ1) is 14.1. The minimum absolute atomic E-state index is 0.165. The zero-order valence-electron chi connectivity index (χ0n) is 18.2. The van der Waals surface area contributed by atoms with Gasteiger partial charge < -0.3 is 0 Å². The molecule has 0 saturated heterocycles. The van der Waals surface area contributed by atoms with Crippen molar-refractivity contribution >= 4 is 0 Å². The van der Waals surface area contributed by atoms with Gasteiger partial charge >= 0.3 is 0 Å². The summed E-state index contributed by atoms with van der Waals surface area (Å²) in [6, 6.07) is 22.6. The number of rotatable bonds is 8. The van der Waals surface area contributed by atoms with Crippen molar-refractivity contribution in [2.75, 3.05) is 0 Å². The van der Waals surface area contributed by atoms with E-state index in [1.165, 1.54) is 11.1 Å². The lowest BCUT2D eigenvalue weighted by molar-refractivity contribution is 0.631. The lowest BCUT2D eigenvalue weighted by Gasteiger charge is -2.14. The van der Waals surface area contributed by atoms with Crippen molar-refractivity contribution in [2.45, 2.75) is 65.2 Å². The highest BCUT2D eigenvalue weighted by molar-refractivity contribution is 5.71. The summed E-state index contributed by atoms with van der Waals surface area (Å²) in [5.41, 5.74) is 6.30. The van der Waals surface area contributed by atoms with Gasteiger partial charge in [-0.3, -0.25) is 0 Å². The van der Waals surface area contributed by atoms with Crippen LogP contribution in [0.1, 0.15) is 76.3 Å². The SMILES string of the molecule is CCC(CC)c1ccc(-c2ccc(-c3ccc(C(CC)CC)cc3)c(F)c2)cc1. The van der Waals surface area contributed by atoms with Crippen LogP contribution < -0.4 is 0 Å². The zero-order valence-corrected chi connectivity index (χ0v) is 18.2. The quantitative estimate of drug-likeness (QED) is 0.361. The summed E-state index contributed by atoms with van der Waals surface area (Å²) in [5.74, 6) is 1.02. The predicted octanol–water partition coefficient (Wildman–Crippen LogP) is 8.97. The summed E-state index contributed by atoms with van der Waals surface area (Å²) in [6.45, 7) is 8.90. The average Bonchev–Trinajstić information content (AvgIpc) is 2.76. The van der Waals surface area contributed by atoms with Crippen LogP contribution in [0.15, 0.2) is 66.7 Å². The zero-order chi connectivity index (χ0) is 20.8. The fourth-order valence-corrected chi connectivity index (χ4v) is 4.33. The molecule has 0 fully saturated rings.